The van der Waals surface area contributed by atoms with Crippen LogP contribution >= 0.6 is 11.6 Å². The summed E-state index contributed by atoms with van der Waals surface area (Å²) in [7, 11) is 1.60. The van der Waals surface area contributed by atoms with E-state index in [0.717, 1.165) is 19.5 Å². The molecule has 6 heteroatoms. The molecule has 132 valence electrons. The highest BCUT2D eigenvalue weighted by Crippen LogP contribution is 2.30. The van der Waals surface area contributed by atoms with Gasteiger partial charge in [0, 0.05) is 29.9 Å². The van der Waals surface area contributed by atoms with E-state index in [1.54, 1.807) is 43.6 Å². The Balaban J connectivity index is 1.80. The van der Waals surface area contributed by atoms with Crippen molar-refractivity contribution in [2.75, 3.05) is 25.5 Å². The monoisotopic (exact) mass is 359 g/mol. The molecule has 1 aliphatic rings. The minimum absolute atomic E-state index is 0.0510. The van der Waals surface area contributed by atoms with E-state index in [2.05, 4.69) is 17.2 Å². The molecule has 0 spiro atoms. The molecule has 0 radical (unpaired) electrons. The summed E-state index contributed by atoms with van der Waals surface area (Å²) in [5.74, 6) is 1.84. The molecule has 1 N–H and O–H groups in total. The molecule has 1 aliphatic heterocycles. The van der Waals surface area contributed by atoms with Crippen LogP contribution in [0.15, 0.2) is 36.5 Å². The molecular formula is C19H22ClN3O2. The Kier molecular flexibility index (Phi) is 5.43. The molecule has 1 unspecified atom stereocenters. The maximum atomic E-state index is 12.8. The van der Waals surface area contributed by atoms with Crippen molar-refractivity contribution in [2.45, 2.75) is 19.8 Å². The molecule has 0 saturated carbocycles. The van der Waals surface area contributed by atoms with Crippen LogP contribution in [0.1, 0.15) is 30.1 Å². The molecule has 2 aromatic rings. The highest BCUT2D eigenvalue weighted by Gasteiger charge is 2.22. The van der Waals surface area contributed by atoms with Crippen molar-refractivity contribution in [2.24, 2.45) is 5.92 Å². The normalized spacial score (nSPS) is 17.2. The summed E-state index contributed by atoms with van der Waals surface area (Å²) in [4.78, 5) is 19.0. The van der Waals surface area contributed by atoms with Crippen molar-refractivity contribution in [1.29, 1.82) is 0 Å². The Bertz CT molecular complexity index is 766. The number of carbonyl (C=O) groups is 1. The summed E-state index contributed by atoms with van der Waals surface area (Å²) in [5.41, 5.74) is 1.34. The number of anilines is 2. The van der Waals surface area contributed by atoms with E-state index in [1.807, 2.05) is 4.90 Å². The summed E-state index contributed by atoms with van der Waals surface area (Å²) in [6.45, 7) is 3.81. The van der Waals surface area contributed by atoms with Crippen molar-refractivity contribution in [3.05, 3.63) is 47.1 Å². The van der Waals surface area contributed by atoms with Crippen molar-refractivity contribution in [1.82, 2.24) is 9.88 Å². The van der Waals surface area contributed by atoms with Gasteiger partial charge >= 0.3 is 0 Å². The predicted molar refractivity (Wildman–Crippen MR) is 99.8 cm³/mol. The highest BCUT2D eigenvalue weighted by atomic mass is 35.5. The number of likely N-dealkylation sites (tertiary alicyclic amines) is 1. The number of carbonyl (C=O) groups excluding carboxylic acids is 1. The van der Waals surface area contributed by atoms with Gasteiger partial charge in [-0.15, -0.1) is 0 Å². The first kappa shape index (κ1) is 17.5. The maximum Gasteiger partial charge on any atom is 0.254 e. The first-order valence-electron chi connectivity index (χ1n) is 8.42. The first-order valence-corrected chi connectivity index (χ1v) is 8.80. The highest BCUT2D eigenvalue weighted by molar-refractivity contribution is 6.31. The minimum atomic E-state index is 0.0510. The number of pyridine rings is 1. The molecule has 1 saturated heterocycles. The smallest absolute Gasteiger partial charge is 0.254 e. The number of benzene rings is 1. The number of ether oxygens (including phenoxy) is 1. The SMILES string of the molecule is COc1ccc(Cl)cc1Nc1cc(C(=O)N2CCCC(C)C2)ccn1. The van der Waals surface area contributed by atoms with Crippen LogP contribution in [-0.2, 0) is 0 Å². The zero-order chi connectivity index (χ0) is 17.8. The fourth-order valence-electron chi connectivity index (χ4n) is 3.10. The second-order valence-electron chi connectivity index (χ2n) is 6.40. The van der Waals surface area contributed by atoms with Crippen LogP contribution in [-0.4, -0.2) is 36.0 Å². The topological polar surface area (TPSA) is 54.5 Å². The number of hydrogen-bond donors (Lipinski definition) is 1. The van der Waals surface area contributed by atoms with E-state index >= 15 is 0 Å². The molecule has 0 bridgehead atoms. The average Bonchev–Trinajstić information content (AvgIpc) is 2.61. The Labute approximate surface area is 153 Å². The third-order valence-electron chi connectivity index (χ3n) is 4.38. The number of piperidine rings is 1. The van der Waals surface area contributed by atoms with Gasteiger partial charge in [0.15, 0.2) is 0 Å². The third-order valence-corrected chi connectivity index (χ3v) is 4.61. The molecule has 5 nitrogen and oxygen atoms in total. The van der Waals surface area contributed by atoms with Crippen LogP contribution in [0.25, 0.3) is 0 Å². The lowest BCUT2D eigenvalue weighted by atomic mass is 9.99. The van der Waals surface area contributed by atoms with E-state index in [4.69, 9.17) is 16.3 Å². The lowest BCUT2D eigenvalue weighted by Crippen LogP contribution is -2.39. The van der Waals surface area contributed by atoms with E-state index in [-0.39, 0.29) is 5.91 Å². The molecule has 3 rings (SSSR count). The lowest BCUT2D eigenvalue weighted by Gasteiger charge is -2.31. The number of halogens is 1. The molecule has 1 fully saturated rings. The largest absolute Gasteiger partial charge is 0.495 e. The van der Waals surface area contributed by atoms with Gasteiger partial charge in [-0.3, -0.25) is 4.79 Å². The number of rotatable bonds is 4. The first-order chi connectivity index (χ1) is 12.1. The van der Waals surface area contributed by atoms with Gasteiger partial charge in [-0.25, -0.2) is 4.98 Å². The van der Waals surface area contributed by atoms with Gasteiger partial charge in [-0.05, 0) is 49.1 Å². The van der Waals surface area contributed by atoms with Gasteiger partial charge in [0.2, 0.25) is 0 Å². The molecule has 1 aromatic carbocycles. The Hall–Kier alpha value is -2.27. The van der Waals surface area contributed by atoms with Crippen molar-refractivity contribution < 1.29 is 9.53 Å². The van der Waals surface area contributed by atoms with Gasteiger partial charge in [0.25, 0.3) is 5.91 Å². The number of aromatic nitrogens is 1. The Morgan fingerprint density at radius 3 is 2.96 bits per heavy atom. The molecule has 1 amide bonds. The number of nitrogens with zero attached hydrogens (tertiary/aromatic N) is 2. The quantitative estimate of drug-likeness (QED) is 0.881. The van der Waals surface area contributed by atoms with Crippen LogP contribution in [0.2, 0.25) is 5.02 Å². The number of amides is 1. The molecule has 25 heavy (non-hydrogen) atoms. The minimum Gasteiger partial charge on any atom is -0.495 e. The zero-order valence-electron chi connectivity index (χ0n) is 14.5. The second-order valence-corrected chi connectivity index (χ2v) is 6.83. The van der Waals surface area contributed by atoms with Gasteiger partial charge in [-0.1, -0.05) is 18.5 Å². The summed E-state index contributed by atoms with van der Waals surface area (Å²) in [6, 6.07) is 8.83. The van der Waals surface area contributed by atoms with Crippen molar-refractivity contribution in [3.63, 3.8) is 0 Å². The van der Waals surface area contributed by atoms with Crippen molar-refractivity contribution in [3.8, 4) is 5.75 Å². The van der Waals surface area contributed by atoms with Crippen LogP contribution in [0.4, 0.5) is 11.5 Å². The van der Waals surface area contributed by atoms with Crippen molar-refractivity contribution >= 4 is 29.0 Å². The van der Waals surface area contributed by atoms with Crippen LogP contribution in [0, 0.1) is 5.92 Å². The van der Waals surface area contributed by atoms with E-state index < -0.39 is 0 Å². The number of nitrogens with one attached hydrogen (secondary N) is 1. The average molecular weight is 360 g/mol. The predicted octanol–water partition coefficient (Wildman–Crippen LogP) is 4.36. The number of methoxy groups -OCH3 is 1. The van der Waals surface area contributed by atoms with Gasteiger partial charge in [0.1, 0.15) is 11.6 Å². The number of hydrogen-bond acceptors (Lipinski definition) is 4. The van der Waals surface area contributed by atoms with Crippen LogP contribution in [0.3, 0.4) is 0 Å². The summed E-state index contributed by atoms with van der Waals surface area (Å²) >= 11 is 6.06. The Morgan fingerprint density at radius 2 is 2.20 bits per heavy atom. The molecule has 1 atom stereocenters. The molecule has 2 heterocycles. The van der Waals surface area contributed by atoms with E-state index in [9.17, 15) is 4.79 Å². The zero-order valence-corrected chi connectivity index (χ0v) is 15.2. The van der Waals surface area contributed by atoms with Gasteiger partial charge in [-0.2, -0.15) is 0 Å². The second kappa shape index (κ2) is 7.74. The maximum absolute atomic E-state index is 12.8. The van der Waals surface area contributed by atoms with E-state index in [0.29, 0.717) is 33.8 Å². The van der Waals surface area contributed by atoms with Gasteiger partial charge in [0.05, 0.1) is 12.8 Å². The molecular weight excluding hydrogens is 338 g/mol. The fourth-order valence-corrected chi connectivity index (χ4v) is 3.28. The standard InChI is InChI=1S/C19H22ClN3O2/c1-13-4-3-9-23(12-13)19(24)14-7-8-21-18(10-14)22-16-11-15(20)5-6-17(16)25-2/h5-8,10-11,13H,3-4,9,12H2,1-2H3,(H,21,22). The lowest BCUT2D eigenvalue weighted by molar-refractivity contribution is 0.0683. The third kappa shape index (κ3) is 4.23. The summed E-state index contributed by atoms with van der Waals surface area (Å²) < 4.78 is 5.33. The van der Waals surface area contributed by atoms with Gasteiger partial charge < -0.3 is 15.0 Å². The fraction of sp³-hybridized carbons (Fsp3) is 0.368. The Morgan fingerprint density at radius 1 is 1.36 bits per heavy atom. The van der Waals surface area contributed by atoms with Crippen LogP contribution in [0.5, 0.6) is 5.75 Å². The summed E-state index contributed by atoms with van der Waals surface area (Å²) in [6.07, 6.45) is 3.88. The molecule has 0 aliphatic carbocycles. The van der Waals surface area contributed by atoms with E-state index in [1.165, 1.54) is 6.42 Å². The summed E-state index contributed by atoms with van der Waals surface area (Å²) in [5, 5.41) is 3.78. The molecule has 1 aromatic heterocycles. The van der Waals surface area contributed by atoms with Crippen LogP contribution < -0.4 is 10.1 Å².